The molecule has 1 N–H and O–H groups in total. The van der Waals surface area contributed by atoms with Crippen molar-refractivity contribution in [2.75, 3.05) is 12.8 Å². The van der Waals surface area contributed by atoms with E-state index in [1.807, 2.05) is 12.1 Å². The Morgan fingerprint density at radius 2 is 1.70 bits per heavy atom. The van der Waals surface area contributed by atoms with E-state index in [0.29, 0.717) is 0 Å². The van der Waals surface area contributed by atoms with E-state index in [-0.39, 0.29) is 6.04 Å². The number of hydrogen-bond acceptors (Lipinski definition) is 3. The van der Waals surface area contributed by atoms with Crippen molar-refractivity contribution in [1.29, 1.82) is 0 Å². The summed E-state index contributed by atoms with van der Waals surface area (Å²) in [5.74, 6) is 0. The van der Waals surface area contributed by atoms with Crippen LogP contribution in [0.25, 0.3) is 0 Å². The number of aryl methyl sites for hydroxylation is 1. The maximum atomic E-state index is 12.1. The van der Waals surface area contributed by atoms with Crippen LogP contribution in [0.2, 0.25) is 0 Å². The van der Waals surface area contributed by atoms with Gasteiger partial charge in [-0.1, -0.05) is 38.1 Å². The fourth-order valence-electron chi connectivity index (χ4n) is 2.21. The lowest BCUT2D eigenvalue weighted by Gasteiger charge is -2.34. The molecule has 0 aliphatic rings. The summed E-state index contributed by atoms with van der Waals surface area (Å²) >= 11 is 0. The molecule has 1 atom stereocenters. The van der Waals surface area contributed by atoms with Gasteiger partial charge in [0, 0.05) is 6.26 Å². The molecule has 3 nitrogen and oxygen atoms in total. The maximum Gasteiger partial charge on any atom is 0.154 e. The average Bonchev–Trinajstić information content (AvgIpc) is 2.38. The molecule has 1 rings (SSSR count). The minimum Gasteiger partial charge on any atom is -0.309 e. The summed E-state index contributed by atoms with van der Waals surface area (Å²) in [6.07, 6.45) is 3.28. The van der Waals surface area contributed by atoms with Gasteiger partial charge in [0.05, 0.1) is 10.8 Å². The molecule has 0 fully saturated rings. The third-order valence-electron chi connectivity index (χ3n) is 3.97. The molecular formula is C16H27NO2S. The quantitative estimate of drug-likeness (QED) is 0.841. The van der Waals surface area contributed by atoms with Gasteiger partial charge in [0.15, 0.2) is 9.84 Å². The third kappa shape index (κ3) is 3.83. The van der Waals surface area contributed by atoms with Gasteiger partial charge in [0.2, 0.25) is 0 Å². The monoisotopic (exact) mass is 297 g/mol. The zero-order chi connectivity index (χ0) is 15.4. The standard InChI is InChI=1S/C16H27NO2S/c1-6-12-17-15(16(3,4)20(5,18)19)14-10-8-13(7-2)9-11-14/h8-11,15,17H,6-7,12H2,1-5H3. The molecule has 114 valence electrons. The highest BCUT2D eigenvalue weighted by molar-refractivity contribution is 7.92. The summed E-state index contributed by atoms with van der Waals surface area (Å²) in [5, 5.41) is 3.39. The van der Waals surface area contributed by atoms with E-state index in [9.17, 15) is 8.42 Å². The lowest BCUT2D eigenvalue weighted by atomic mass is 9.94. The molecular weight excluding hydrogens is 270 g/mol. The van der Waals surface area contributed by atoms with E-state index < -0.39 is 14.6 Å². The maximum absolute atomic E-state index is 12.1. The van der Waals surface area contributed by atoms with Crippen LogP contribution in [-0.4, -0.2) is 26.0 Å². The van der Waals surface area contributed by atoms with Crippen molar-refractivity contribution in [3.8, 4) is 0 Å². The van der Waals surface area contributed by atoms with Gasteiger partial charge >= 0.3 is 0 Å². The van der Waals surface area contributed by atoms with Crippen molar-refractivity contribution in [3.05, 3.63) is 35.4 Å². The van der Waals surface area contributed by atoms with Crippen LogP contribution in [-0.2, 0) is 16.3 Å². The lowest BCUT2D eigenvalue weighted by Crippen LogP contribution is -2.45. The molecule has 4 heteroatoms. The highest BCUT2D eigenvalue weighted by Crippen LogP contribution is 2.32. The minimum absolute atomic E-state index is 0.191. The zero-order valence-electron chi connectivity index (χ0n) is 13.2. The van der Waals surface area contributed by atoms with Gasteiger partial charge in [-0.3, -0.25) is 0 Å². The molecule has 0 radical (unpaired) electrons. The van der Waals surface area contributed by atoms with Crippen LogP contribution in [0.5, 0.6) is 0 Å². The van der Waals surface area contributed by atoms with Crippen molar-refractivity contribution in [2.45, 2.75) is 51.3 Å². The Hall–Kier alpha value is -0.870. The van der Waals surface area contributed by atoms with Gasteiger partial charge in [-0.05, 0) is 44.4 Å². The van der Waals surface area contributed by atoms with Gasteiger partial charge in [-0.15, -0.1) is 0 Å². The van der Waals surface area contributed by atoms with E-state index in [1.165, 1.54) is 11.8 Å². The summed E-state index contributed by atoms with van der Waals surface area (Å²) in [6.45, 7) is 8.59. The Labute approximate surface area is 123 Å². The van der Waals surface area contributed by atoms with E-state index in [4.69, 9.17) is 0 Å². The van der Waals surface area contributed by atoms with Gasteiger partial charge in [-0.25, -0.2) is 8.42 Å². The fourth-order valence-corrected chi connectivity index (χ4v) is 2.86. The van der Waals surface area contributed by atoms with Crippen LogP contribution in [0.15, 0.2) is 24.3 Å². The summed E-state index contributed by atoms with van der Waals surface area (Å²) in [5.41, 5.74) is 2.30. The Bertz CT molecular complexity index is 518. The largest absolute Gasteiger partial charge is 0.309 e. The first-order valence-corrected chi connectivity index (χ1v) is 9.15. The average molecular weight is 297 g/mol. The van der Waals surface area contributed by atoms with E-state index in [1.54, 1.807) is 13.8 Å². The van der Waals surface area contributed by atoms with Crippen LogP contribution < -0.4 is 5.32 Å². The molecule has 1 aromatic carbocycles. The molecule has 0 heterocycles. The second-order valence-corrected chi connectivity index (χ2v) is 8.45. The van der Waals surface area contributed by atoms with Gasteiger partial charge < -0.3 is 5.32 Å². The van der Waals surface area contributed by atoms with Crippen molar-refractivity contribution < 1.29 is 8.42 Å². The Kier molecular flexibility index (Phi) is 5.78. The topological polar surface area (TPSA) is 46.2 Å². The summed E-state index contributed by atoms with van der Waals surface area (Å²) in [6, 6.07) is 8.05. The van der Waals surface area contributed by atoms with Gasteiger partial charge in [0.1, 0.15) is 0 Å². The molecule has 0 aliphatic carbocycles. The number of hydrogen-bond donors (Lipinski definition) is 1. The Morgan fingerprint density at radius 1 is 1.15 bits per heavy atom. The highest BCUT2D eigenvalue weighted by atomic mass is 32.2. The summed E-state index contributed by atoms with van der Waals surface area (Å²) < 4.78 is 23.4. The summed E-state index contributed by atoms with van der Waals surface area (Å²) in [4.78, 5) is 0. The van der Waals surface area contributed by atoms with Crippen LogP contribution in [0, 0.1) is 0 Å². The van der Waals surface area contributed by atoms with Crippen molar-refractivity contribution in [3.63, 3.8) is 0 Å². The molecule has 0 amide bonds. The molecule has 1 unspecified atom stereocenters. The molecule has 0 spiro atoms. The lowest BCUT2D eigenvalue weighted by molar-refractivity contribution is 0.420. The minimum atomic E-state index is -3.16. The SMILES string of the molecule is CCCNC(c1ccc(CC)cc1)C(C)(C)S(C)(=O)=O. The highest BCUT2D eigenvalue weighted by Gasteiger charge is 2.39. The number of nitrogens with one attached hydrogen (secondary N) is 1. The Balaban J connectivity index is 3.17. The summed E-state index contributed by atoms with van der Waals surface area (Å²) in [7, 11) is -3.16. The second kappa shape index (κ2) is 6.72. The molecule has 0 saturated heterocycles. The van der Waals surface area contributed by atoms with Crippen LogP contribution >= 0.6 is 0 Å². The molecule has 20 heavy (non-hydrogen) atoms. The van der Waals surface area contributed by atoms with Gasteiger partial charge in [-0.2, -0.15) is 0 Å². The zero-order valence-corrected chi connectivity index (χ0v) is 14.0. The van der Waals surface area contributed by atoms with Crippen LogP contribution in [0.4, 0.5) is 0 Å². The molecule has 0 aliphatic heterocycles. The predicted molar refractivity (Wildman–Crippen MR) is 85.8 cm³/mol. The first kappa shape index (κ1) is 17.2. The first-order valence-electron chi connectivity index (χ1n) is 7.25. The second-order valence-electron chi connectivity index (χ2n) is 5.86. The molecule has 0 saturated carbocycles. The fraction of sp³-hybridized carbons (Fsp3) is 0.625. The van der Waals surface area contributed by atoms with E-state index in [0.717, 1.165) is 24.9 Å². The predicted octanol–water partition coefficient (Wildman–Crippen LogP) is 3.11. The normalized spacial score (nSPS) is 14.2. The first-order chi connectivity index (χ1) is 9.24. The smallest absolute Gasteiger partial charge is 0.154 e. The van der Waals surface area contributed by atoms with Crippen molar-refractivity contribution in [1.82, 2.24) is 5.32 Å². The van der Waals surface area contributed by atoms with E-state index in [2.05, 4.69) is 31.3 Å². The van der Waals surface area contributed by atoms with Crippen LogP contribution in [0.3, 0.4) is 0 Å². The number of sulfone groups is 1. The Morgan fingerprint density at radius 3 is 2.10 bits per heavy atom. The molecule has 1 aromatic rings. The third-order valence-corrected chi connectivity index (χ3v) is 6.12. The molecule has 0 aromatic heterocycles. The van der Waals surface area contributed by atoms with Crippen molar-refractivity contribution >= 4 is 9.84 Å². The van der Waals surface area contributed by atoms with Crippen LogP contribution in [0.1, 0.15) is 51.3 Å². The number of benzene rings is 1. The van der Waals surface area contributed by atoms with E-state index >= 15 is 0 Å². The molecule has 0 bridgehead atoms. The number of rotatable bonds is 7. The van der Waals surface area contributed by atoms with Crippen molar-refractivity contribution in [2.24, 2.45) is 0 Å². The van der Waals surface area contributed by atoms with Gasteiger partial charge in [0.25, 0.3) is 0 Å².